The van der Waals surface area contributed by atoms with Gasteiger partial charge in [0.1, 0.15) is 0 Å². The molecule has 22 heavy (non-hydrogen) atoms. The molecule has 0 saturated carbocycles. The monoisotopic (exact) mass is 299 g/mol. The Bertz CT molecular complexity index is 634. The van der Waals surface area contributed by atoms with Crippen molar-refractivity contribution in [3.8, 4) is 0 Å². The van der Waals surface area contributed by atoms with E-state index in [4.69, 9.17) is 0 Å². The van der Waals surface area contributed by atoms with Gasteiger partial charge in [0.15, 0.2) is 5.82 Å². The van der Waals surface area contributed by atoms with E-state index >= 15 is 0 Å². The van der Waals surface area contributed by atoms with Crippen LogP contribution in [0.5, 0.6) is 0 Å². The summed E-state index contributed by atoms with van der Waals surface area (Å²) in [6.07, 6.45) is 4.46. The molecule has 1 aromatic heterocycles. The maximum atomic E-state index is 12.4. The highest BCUT2D eigenvalue weighted by Crippen LogP contribution is 2.19. The van der Waals surface area contributed by atoms with Crippen molar-refractivity contribution in [1.29, 1.82) is 0 Å². The van der Waals surface area contributed by atoms with Gasteiger partial charge in [-0.15, -0.1) is 0 Å². The lowest BCUT2D eigenvalue weighted by molar-refractivity contribution is 0.509. The molecule has 0 saturated heterocycles. The van der Waals surface area contributed by atoms with Gasteiger partial charge < -0.3 is 9.88 Å². The lowest BCUT2D eigenvalue weighted by atomic mass is 9.96. The topological polar surface area (TPSA) is 46.9 Å². The third-order valence-corrected chi connectivity index (χ3v) is 3.76. The number of nitrogens with zero attached hydrogens (tertiary/aromatic N) is 2. The van der Waals surface area contributed by atoms with E-state index in [1.807, 2.05) is 18.2 Å². The molecule has 2 aromatic rings. The van der Waals surface area contributed by atoms with Crippen molar-refractivity contribution in [2.75, 3.05) is 11.9 Å². The molecule has 0 aliphatic rings. The first-order valence-electron chi connectivity index (χ1n) is 7.96. The number of hydrogen-bond acceptors (Lipinski definition) is 3. The quantitative estimate of drug-likeness (QED) is 0.851. The van der Waals surface area contributed by atoms with Crippen molar-refractivity contribution in [1.82, 2.24) is 9.55 Å². The van der Waals surface area contributed by atoms with E-state index < -0.39 is 0 Å². The van der Waals surface area contributed by atoms with Crippen LogP contribution in [0.2, 0.25) is 0 Å². The van der Waals surface area contributed by atoms with Gasteiger partial charge in [0, 0.05) is 31.4 Å². The molecule has 118 valence electrons. The first-order chi connectivity index (χ1) is 10.6. The Labute approximate surface area is 132 Å². The van der Waals surface area contributed by atoms with Gasteiger partial charge in [-0.1, -0.05) is 51.1 Å². The summed E-state index contributed by atoms with van der Waals surface area (Å²) in [5, 5.41) is 3.23. The van der Waals surface area contributed by atoms with Gasteiger partial charge in [0.05, 0.1) is 0 Å². The summed E-state index contributed by atoms with van der Waals surface area (Å²) in [6.45, 7) is 7.79. The van der Waals surface area contributed by atoms with Crippen molar-refractivity contribution in [3.05, 3.63) is 58.6 Å². The third-order valence-electron chi connectivity index (χ3n) is 3.76. The van der Waals surface area contributed by atoms with E-state index in [1.165, 1.54) is 5.56 Å². The summed E-state index contributed by atoms with van der Waals surface area (Å²) >= 11 is 0. The zero-order chi connectivity index (χ0) is 15.9. The highest BCUT2D eigenvalue weighted by molar-refractivity contribution is 5.32. The first kappa shape index (κ1) is 16.3. The maximum absolute atomic E-state index is 12.4. The second-order valence-electron chi connectivity index (χ2n) is 6.02. The minimum absolute atomic E-state index is 0.0425. The third kappa shape index (κ3) is 4.20. The highest BCUT2D eigenvalue weighted by atomic mass is 16.1. The van der Waals surface area contributed by atoms with Gasteiger partial charge in [-0.3, -0.25) is 4.79 Å². The Kier molecular flexibility index (Phi) is 5.75. The van der Waals surface area contributed by atoms with Gasteiger partial charge in [-0.05, 0) is 17.9 Å². The molecule has 4 heteroatoms. The van der Waals surface area contributed by atoms with E-state index in [0.29, 0.717) is 30.7 Å². The molecule has 1 unspecified atom stereocenters. The SMILES string of the molecule is CCC(CNc1nccn(CC(C)C)c1=O)c1ccccc1. The van der Waals surface area contributed by atoms with Crippen LogP contribution in [0.15, 0.2) is 47.5 Å². The van der Waals surface area contributed by atoms with E-state index in [1.54, 1.807) is 17.0 Å². The summed E-state index contributed by atoms with van der Waals surface area (Å²) in [5.41, 5.74) is 1.25. The summed E-state index contributed by atoms with van der Waals surface area (Å²) in [7, 11) is 0. The van der Waals surface area contributed by atoms with E-state index in [-0.39, 0.29) is 5.56 Å². The van der Waals surface area contributed by atoms with Gasteiger partial charge in [-0.2, -0.15) is 0 Å². The van der Waals surface area contributed by atoms with Crippen LogP contribution >= 0.6 is 0 Å². The predicted octanol–water partition coefficient (Wildman–Crippen LogP) is 3.51. The van der Waals surface area contributed by atoms with Gasteiger partial charge in [-0.25, -0.2) is 4.98 Å². The number of hydrogen-bond donors (Lipinski definition) is 1. The fraction of sp³-hybridized carbons (Fsp3) is 0.444. The Balaban J connectivity index is 2.09. The molecule has 0 fully saturated rings. The van der Waals surface area contributed by atoms with E-state index in [2.05, 4.69) is 43.2 Å². The molecule has 0 aliphatic heterocycles. The Morgan fingerprint density at radius 3 is 2.59 bits per heavy atom. The smallest absolute Gasteiger partial charge is 0.293 e. The summed E-state index contributed by atoms with van der Waals surface area (Å²) in [6, 6.07) is 10.4. The average molecular weight is 299 g/mol. The fourth-order valence-electron chi connectivity index (χ4n) is 2.55. The van der Waals surface area contributed by atoms with Crippen LogP contribution in [-0.2, 0) is 6.54 Å². The predicted molar refractivity (Wildman–Crippen MR) is 91.3 cm³/mol. The van der Waals surface area contributed by atoms with Crippen LogP contribution in [0.25, 0.3) is 0 Å². The zero-order valence-corrected chi connectivity index (χ0v) is 13.6. The largest absolute Gasteiger partial charge is 0.365 e. The van der Waals surface area contributed by atoms with Crippen molar-refractivity contribution in [2.45, 2.75) is 39.7 Å². The van der Waals surface area contributed by atoms with Crippen molar-refractivity contribution in [2.24, 2.45) is 5.92 Å². The number of anilines is 1. The maximum Gasteiger partial charge on any atom is 0.293 e. The number of aromatic nitrogens is 2. The van der Waals surface area contributed by atoms with Gasteiger partial charge >= 0.3 is 0 Å². The standard InChI is InChI=1S/C18H25N3O/c1-4-15(16-8-6-5-7-9-16)12-20-17-18(22)21(11-10-19-17)13-14(2)3/h5-11,14-15H,4,12-13H2,1-3H3,(H,19,20). The molecule has 1 atom stereocenters. The molecular weight excluding hydrogens is 274 g/mol. The Morgan fingerprint density at radius 1 is 1.23 bits per heavy atom. The van der Waals surface area contributed by atoms with Crippen LogP contribution in [0.3, 0.4) is 0 Å². The molecule has 4 nitrogen and oxygen atoms in total. The Hall–Kier alpha value is -2.10. The van der Waals surface area contributed by atoms with Crippen molar-refractivity contribution in [3.63, 3.8) is 0 Å². The minimum atomic E-state index is -0.0425. The van der Waals surface area contributed by atoms with Crippen LogP contribution in [0, 0.1) is 5.92 Å². The molecule has 1 N–H and O–H groups in total. The van der Waals surface area contributed by atoms with Crippen LogP contribution in [0.1, 0.15) is 38.7 Å². The molecular formula is C18H25N3O. The number of benzene rings is 1. The van der Waals surface area contributed by atoms with Crippen LogP contribution in [0.4, 0.5) is 5.82 Å². The molecule has 0 bridgehead atoms. The lowest BCUT2D eigenvalue weighted by Crippen LogP contribution is -2.27. The molecule has 0 aliphatic carbocycles. The number of rotatable bonds is 7. The summed E-state index contributed by atoms with van der Waals surface area (Å²) in [5.74, 6) is 1.25. The first-order valence-corrected chi connectivity index (χ1v) is 7.96. The average Bonchev–Trinajstić information content (AvgIpc) is 2.52. The molecule has 1 heterocycles. The molecule has 0 amide bonds. The zero-order valence-electron chi connectivity index (χ0n) is 13.6. The minimum Gasteiger partial charge on any atom is -0.365 e. The van der Waals surface area contributed by atoms with Crippen molar-refractivity contribution >= 4 is 5.82 Å². The van der Waals surface area contributed by atoms with Crippen molar-refractivity contribution < 1.29 is 0 Å². The molecule has 0 spiro atoms. The second kappa shape index (κ2) is 7.78. The summed E-state index contributed by atoms with van der Waals surface area (Å²) in [4.78, 5) is 16.6. The lowest BCUT2D eigenvalue weighted by Gasteiger charge is -2.17. The number of nitrogens with one attached hydrogen (secondary N) is 1. The second-order valence-corrected chi connectivity index (χ2v) is 6.02. The van der Waals surface area contributed by atoms with Crippen LogP contribution in [-0.4, -0.2) is 16.1 Å². The molecule has 0 radical (unpaired) electrons. The van der Waals surface area contributed by atoms with Gasteiger partial charge in [0.25, 0.3) is 5.56 Å². The fourth-order valence-corrected chi connectivity index (χ4v) is 2.55. The summed E-state index contributed by atoms with van der Waals surface area (Å²) < 4.78 is 1.73. The molecule has 2 rings (SSSR count). The normalized spacial score (nSPS) is 12.4. The van der Waals surface area contributed by atoms with Gasteiger partial charge in [0.2, 0.25) is 0 Å². The van der Waals surface area contributed by atoms with Crippen LogP contribution < -0.4 is 10.9 Å². The Morgan fingerprint density at radius 2 is 1.95 bits per heavy atom. The molecule has 1 aromatic carbocycles. The van der Waals surface area contributed by atoms with E-state index in [9.17, 15) is 4.79 Å². The van der Waals surface area contributed by atoms with E-state index in [0.717, 1.165) is 6.42 Å². The highest BCUT2D eigenvalue weighted by Gasteiger charge is 2.11.